The molecule has 0 bridgehead atoms. The van der Waals surface area contributed by atoms with Crippen molar-refractivity contribution in [1.29, 1.82) is 0 Å². The summed E-state index contributed by atoms with van der Waals surface area (Å²) in [5.41, 5.74) is 2.52. The number of hydrogen-bond acceptors (Lipinski definition) is 2. The summed E-state index contributed by atoms with van der Waals surface area (Å²) in [6.45, 7) is 1.93. The molecule has 0 amide bonds. The van der Waals surface area contributed by atoms with E-state index in [9.17, 15) is 4.79 Å². The van der Waals surface area contributed by atoms with Crippen molar-refractivity contribution in [3.05, 3.63) is 64.2 Å². The molecule has 0 saturated heterocycles. The first-order valence-electron chi connectivity index (χ1n) is 6.20. The van der Waals surface area contributed by atoms with E-state index in [0.717, 1.165) is 11.1 Å². The fourth-order valence-electron chi connectivity index (χ4n) is 2.47. The molecule has 0 spiro atoms. The summed E-state index contributed by atoms with van der Waals surface area (Å²) >= 11 is 6.17. The molecule has 1 aliphatic heterocycles. The lowest BCUT2D eigenvalue weighted by molar-refractivity contribution is 0.0849. The number of ether oxygens (including phenoxy) is 1. The molecule has 2 aromatic carbocycles. The molecule has 19 heavy (non-hydrogen) atoms. The van der Waals surface area contributed by atoms with Crippen molar-refractivity contribution in [3.63, 3.8) is 0 Å². The first kappa shape index (κ1) is 12.2. The van der Waals surface area contributed by atoms with Crippen molar-refractivity contribution < 1.29 is 9.53 Å². The Hall–Kier alpha value is -1.80. The topological polar surface area (TPSA) is 26.3 Å². The number of hydrogen-bond donors (Lipinski definition) is 0. The molecule has 2 aromatic rings. The average Bonchev–Trinajstić information content (AvgIpc) is 2.39. The number of rotatable bonds is 1. The second kappa shape index (κ2) is 4.71. The van der Waals surface area contributed by atoms with Crippen LogP contribution in [0.25, 0.3) is 0 Å². The fourth-order valence-corrected chi connectivity index (χ4v) is 2.73. The van der Waals surface area contributed by atoms with Crippen LogP contribution in [0.5, 0.6) is 5.75 Å². The quantitative estimate of drug-likeness (QED) is 0.771. The fraction of sp³-hybridized carbons (Fsp3) is 0.188. The normalized spacial score (nSPS) is 17.8. The molecule has 0 radical (unpaired) electrons. The minimum absolute atomic E-state index is 0.115. The molecule has 2 nitrogen and oxygen atoms in total. The number of carbonyl (C=O) groups excluding carboxylic acids is 1. The van der Waals surface area contributed by atoms with Crippen LogP contribution in [0.15, 0.2) is 42.5 Å². The molecule has 0 saturated carbocycles. The van der Waals surface area contributed by atoms with E-state index in [4.69, 9.17) is 16.3 Å². The van der Waals surface area contributed by atoms with Gasteiger partial charge in [0, 0.05) is 10.6 Å². The molecule has 3 heteroatoms. The second-order valence-corrected chi connectivity index (χ2v) is 5.11. The maximum atomic E-state index is 12.3. The Balaban J connectivity index is 2.03. The first-order chi connectivity index (χ1) is 9.16. The predicted octanol–water partition coefficient (Wildman–Crippen LogP) is 4.35. The Labute approximate surface area is 117 Å². The van der Waals surface area contributed by atoms with Crippen molar-refractivity contribution in [2.24, 2.45) is 0 Å². The van der Waals surface area contributed by atoms with Gasteiger partial charge < -0.3 is 4.74 Å². The highest BCUT2D eigenvalue weighted by molar-refractivity contribution is 6.31. The van der Waals surface area contributed by atoms with Crippen LogP contribution >= 0.6 is 11.6 Å². The van der Waals surface area contributed by atoms with Crippen LogP contribution in [0.3, 0.4) is 0 Å². The smallest absolute Gasteiger partial charge is 0.170 e. The van der Waals surface area contributed by atoms with Gasteiger partial charge in [-0.2, -0.15) is 0 Å². The standard InChI is InChI=1S/C16H13ClO2/c1-10-5-4-8-14-16(10)13(18)9-15(19-14)11-6-2-3-7-12(11)17/h2-8,15H,9H2,1H3. The molecule has 0 aromatic heterocycles. The number of fused-ring (bicyclic) bond motifs is 1. The van der Waals surface area contributed by atoms with Gasteiger partial charge in [0.2, 0.25) is 0 Å². The Bertz CT molecular complexity index is 649. The van der Waals surface area contributed by atoms with Gasteiger partial charge in [-0.3, -0.25) is 4.79 Å². The van der Waals surface area contributed by atoms with Gasteiger partial charge in [0.25, 0.3) is 0 Å². The largest absolute Gasteiger partial charge is 0.484 e. The Morgan fingerprint density at radius 1 is 1.16 bits per heavy atom. The van der Waals surface area contributed by atoms with Crippen molar-refractivity contribution in [3.8, 4) is 5.75 Å². The molecular formula is C16H13ClO2. The lowest BCUT2D eigenvalue weighted by atomic mass is 9.93. The van der Waals surface area contributed by atoms with Crippen molar-refractivity contribution >= 4 is 17.4 Å². The van der Waals surface area contributed by atoms with Crippen molar-refractivity contribution in [1.82, 2.24) is 0 Å². The van der Waals surface area contributed by atoms with Crippen LogP contribution in [0.1, 0.15) is 34.0 Å². The van der Waals surface area contributed by atoms with Crippen LogP contribution in [0.4, 0.5) is 0 Å². The summed E-state index contributed by atoms with van der Waals surface area (Å²) in [4.78, 5) is 12.3. The molecule has 0 aliphatic carbocycles. The number of benzene rings is 2. The molecule has 96 valence electrons. The van der Waals surface area contributed by atoms with Gasteiger partial charge in [0.05, 0.1) is 12.0 Å². The predicted molar refractivity (Wildman–Crippen MR) is 74.9 cm³/mol. The third-order valence-electron chi connectivity index (χ3n) is 3.41. The van der Waals surface area contributed by atoms with E-state index in [2.05, 4.69) is 0 Å². The summed E-state index contributed by atoms with van der Waals surface area (Å²) in [5.74, 6) is 0.769. The molecule has 1 heterocycles. The van der Waals surface area contributed by atoms with Crippen molar-refractivity contribution in [2.75, 3.05) is 0 Å². The van der Waals surface area contributed by atoms with E-state index < -0.39 is 0 Å². The number of ketones is 1. The Kier molecular flexibility index (Phi) is 3.03. The summed E-state index contributed by atoms with van der Waals surface area (Å²) in [5, 5.41) is 0.636. The zero-order chi connectivity index (χ0) is 13.4. The van der Waals surface area contributed by atoms with Crippen LogP contribution in [0.2, 0.25) is 5.02 Å². The van der Waals surface area contributed by atoms with Gasteiger partial charge >= 0.3 is 0 Å². The van der Waals surface area contributed by atoms with E-state index in [1.54, 1.807) is 0 Å². The van der Waals surface area contributed by atoms with Crippen LogP contribution < -0.4 is 4.74 Å². The second-order valence-electron chi connectivity index (χ2n) is 4.70. The highest BCUT2D eigenvalue weighted by Crippen LogP contribution is 2.38. The van der Waals surface area contributed by atoms with Gasteiger partial charge in [-0.15, -0.1) is 0 Å². The molecule has 1 unspecified atom stereocenters. The lowest BCUT2D eigenvalue weighted by Gasteiger charge is -2.27. The molecule has 1 atom stereocenters. The van der Waals surface area contributed by atoms with Gasteiger partial charge in [-0.25, -0.2) is 0 Å². The zero-order valence-corrected chi connectivity index (χ0v) is 11.3. The number of carbonyl (C=O) groups is 1. The summed E-state index contributed by atoms with van der Waals surface area (Å²) in [6, 6.07) is 13.2. The van der Waals surface area contributed by atoms with E-state index in [-0.39, 0.29) is 11.9 Å². The Morgan fingerprint density at radius 3 is 2.74 bits per heavy atom. The SMILES string of the molecule is Cc1cccc2c1C(=O)CC(c1ccccc1Cl)O2. The molecule has 0 N–H and O–H groups in total. The highest BCUT2D eigenvalue weighted by Gasteiger charge is 2.29. The maximum Gasteiger partial charge on any atom is 0.170 e. The number of halogens is 1. The maximum absolute atomic E-state index is 12.3. The number of Topliss-reactive ketones (excluding diaryl/α,β-unsaturated/α-hetero) is 1. The Morgan fingerprint density at radius 2 is 1.95 bits per heavy atom. The lowest BCUT2D eigenvalue weighted by Crippen LogP contribution is -2.21. The van der Waals surface area contributed by atoms with E-state index in [1.807, 2.05) is 49.4 Å². The highest BCUT2D eigenvalue weighted by atomic mass is 35.5. The summed E-state index contributed by atoms with van der Waals surface area (Å²) < 4.78 is 5.94. The van der Waals surface area contributed by atoms with E-state index >= 15 is 0 Å². The third kappa shape index (κ3) is 2.13. The minimum Gasteiger partial charge on any atom is -0.484 e. The van der Waals surface area contributed by atoms with E-state index in [0.29, 0.717) is 22.8 Å². The van der Waals surface area contributed by atoms with Gasteiger partial charge in [0.1, 0.15) is 11.9 Å². The monoisotopic (exact) mass is 272 g/mol. The first-order valence-corrected chi connectivity index (χ1v) is 6.58. The van der Waals surface area contributed by atoms with Gasteiger partial charge in [-0.05, 0) is 24.6 Å². The summed E-state index contributed by atoms with van der Waals surface area (Å²) in [6.07, 6.45) is 0.0391. The third-order valence-corrected chi connectivity index (χ3v) is 3.75. The van der Waals surface area contributed by atoms with Gasteiger partial charge in [0.15, 0.2) is 5.78 Å². The van der Waals surface area contributed by atoms with Crippen LogP contribution in [-0.4, -0.2) is 5.78 Å². The van der Waals surface area contributed by atoms with E-state index in [1.165, 1.54) is 0 Å². The van der Waals surface area contributed by atoms with Crippen LogP contribution in [-0.2, 0) is 0 Å². The molecule has 3 rings (SSSR count). The van der Waals surface area contributed by atoms with Crippen LogP contribution in [0, 0.1) is 6.92 Å². The van der Waals surface area contributed by atoms with Crippen molar-refractivity contribution in [2.45, 2.75) is 19.4 Å². The molecule has 0 fully saturated rings. The number of aryl methyl sites for hydroxylation is 1. The van der Waals surface area contributed by atoms with Gasteiger partial charge in [-0.1, -0.05) is 41.9 Å². The zero-order valence-electron chi connectivity index (χ0n) is 10.5. The molecular weight excluding hydrogens is 260 g/mol. The molecule has 1 aliphatic rings. The minimum atomic E-state index is -0.296. The average molecular weight is 273 g/mol. The summed E-state index contributed by atoms with van der Waals surface area (Å²) in [7, 11) is 0.